The molecule has 1 aromatic heterocycles. The Labute approximate surface area is 178 Å². The molecule has 2 aromatic carbocycles. The standard InChI is InChI=1S/C23H21N3O3S/c1-23(2)12-17-19(18(27)13-23)30-22(25-17)26-21(29)15-8-10-16(11-9-15)24-20(28)14-6-4-3-5-7-14/h3-11H,12-13H2,1-2H3,(H,24,28)(H,25,26,29). The lowest BCUT2D eigenvalue weighted by Crippen LogP contribution is -2.26. The molecular formula is C23H21N3O3S. The minimum Gasteiger partial charge on any atom is -0.322 e. The molecule has 0 aliphatic heterocycles. The number of benzene rings is 2. The number of Topliss-reactive ketones (excluding diaryl/α,β-unsaturated/α-hetero) is 1. The molecule has 7 heteroatoms. The van der Waals surface area contributed by atoms with Crippen molar-refractivity contribution in [3.8, 4) is 0 Å². The predicted octanol–water partition coefficient (Wildman–Crippen LogP) is 4.80. The van der Waals surface area contributed by atoms with Gasteiger partial charge in [-0.05, 0) is 48.2 Å². The van der Waals surface area contributed by atoms with Gasteiger partial charge in [0.15, 0.2) is 10.9 Å². The topological polar surface area (TPSA) is 88.2 Å². The summed E-state index contributed by atoms with van der Waals surface area (Å²) in [4.78, 5) is 42.2. The van der Waals surface area contributed by atoms with Gasteiger partial charge in [0, 0.05) is 23.2 Å². The Morgan fingerprint density at radius 3 is 2.23 bits per heavy atom. The highest BCUT2D eigenvalue weighted by Gasteiger charge is 2.34. The summed E-state index contributed by atoms with van der Waals surface area (Å²) >= 11 is 1.23. The van der Waals surface area contributed by atoms with Gasteiger partial charge in [0.2, 0.25) is 0 Å². The first-order valence-corrected chi connectivity index (χ1v) is 10.4. The number of nitrogens with one attached hydrogen (secondary N) is 2. The fourth-order valence-electron chi connectivity index (χ4n) is 3.44. The van der Waals surface area contributed by atoms with Crippen LogP contribution < -0.4 is 10.6 Å². The summed E-state index contributed by atoms with van der Waals surface area (Å²) in [5, 5.41) is 6.01. The van der Waals surface area contributed by atoms with E-state index < -0.39 is 0 Å². The number of amides is 2. The van der Waals surface area contributed by atoms with Crippen LogP contribution in [0.4, 0.5) is 10.8 Å². The molecule has 0 atom stereocenters. The Balaban J connectivity index is 1.42. The molecule has 6 nitrogen and oxygen atoms in total. The third-order valence-corrected chi connectivity index (χ3v) is 5.95. The van der Waals surface area contributed by atoms with Crippen LogP contribution in [0.2, 0.25) is 0 Å². The number of ketones is 1. The van der Waals surface area contributed by atoms with Gasteiger partial charge in [0.25, 0.3) is 11.8 Å². The highest BCUT2D eigenvalue weighted by Crippen LogP contribution is 2.38. The molecule has 0 saturated heterocycles. The fraction of sp³-hybridized carbons (Fsp3) is 0.217. The molecule has 2 amide bonds. The van der Waals surface area contributed by atoms with Crippen LogP contribution in [0.25, 0.3) is 0 Å². The summed E-state index contributed by atoms with van der Waals surface area (Å²) in [6.45, 7) is 4.09. The Hall–Kier alpha value is -3.32. The molecule has 0 bridgehead atoms. The molecular weight excluding hydrogens is 398 g/mol. The third-order valence-electron chi connectivity index (χ3n) is 4.90. The van der Waals surface area contributed by atoms with Gasteiger partial charge in [-0.15, -0.1) is 0 Å². The first-order valence-electron chi connectivity index (χ1n) is 9.61. The van der Waals surface area contributed by atoms with E-state index in [0.717, 1.165) is 12.1 Å². The quantitative estimate of drug-likeness (QED) is 0.636. The third kappa shape index (κ3) is 4.31. The predicted molar refractivity (Wildman–Crippen MR) is 117 cm³/mol. The second-order valence-electron chi connectivity index (χ2n) is 8.09. The van der Waals surface area contributed by atoms with Crippen LogP contribution in [0.15, 0.2) is 54.6 Å². The van der Waals surface area contributed by atoms with Crippen molar-refractivity contribution in [3.63, 3.8) is 0 Å². The highest BCUT2D eigenvalue weighted by molar-refractivity contribution is 7.17. The SMILES string of the molecule is CC1(C)CC(=O)c2sc(NC(=O)c3ccc(NC(=O)c4ccccc4)cc3)nc2C1. The van der Waals surface area contributed by atoms with E-state index in [0.29, 0.717) is 33.2 Å². The molecule has 0 fully saturated rings. The lowest BCUT2D eigenvalue weighted by molar-refractivity contribution is 0.0915. The number of fused-ring (bicyclic) bond motifs is 1. The first kappa shape index (κ1) is 20.0. The summed E-state index contributed by atoms with van der Waals surface area (Å²) in [6.07, 6.45) is 1.21. The molecule has 4 rings (SSSR count). The molecule has 1 aliphatic carbocycles. The lowest BCUT2D eigenvalue weighted by Gasteiger charge is -2.26. The maximum atomic E-state index is 12.6. The first-order chi connectivity index (χ1) is 14.3. The number of carbonyl (C=O) groups excluding carboxylic acids is 3. The summed E-state index contributed by atoms with van der Waals surface area (Å²) in [7, 11) is 0. The van der Waals surface area contributed by atoms with Crippen LogP contribution in [0.1, 0.15) is 56.3 Å². The molecule has 30 heavy (non-hydrogen) atoms. The molecule has 152 valence electrons. The van der Waals surface area contributed by atoms with Crippen LogP contribution in [-0.2, 0) is 6.42 Å². The van der Waals surface area contributed by atoms with Crippen molar-refractivity contribution in [2.24, 2.45) is 5.41 Å². The summed E-state index contributed by atoms with van der Waals surface area (Å²) in [5.41, 5.74) is 2.24. The van der Waals surface area contributed by atoms with Gasteiger partial charge in [-0.3, -0.25) is 19.7 Å². The van der Waals surface area contributed by atoms with Crippen molar-refractivity contribution in [2.45, 2.75) is 26.7 Å². The number of thiazole rings is 1. The van der Waals surface area contributed by atoms with E-state index in [4.69, 9.17) is 0 Å². The number of aromatic nitrogens is 1. The average molecular weight is 420 g/mol. The van der Waals surface area contributed by atoms with Crippen molar-refractivity contribution < 1.29 is 14.4 Å². The largest absolute Gasteiger partial charge is 0.322 e. The zero-order valence-corrected chi connectivity index (χ0v) is 17.5. The van der Waals surface area contributed by atoms with Gasteiger partial charge in [-0.2, -0.15) is 0 Å². The summed E-state index contributed by atoms with van der Waals surface area (Å²) in [5.74, 6) is -0.444. The average Bonchev–Trinajstić information content (AvgIpc) is 3.10. The molecule has 0 unspecified atom stereocenters. The summed E-state index contributed by atoms with van der Waals surface area (Å²) in [6, 6.07) is 15.5. The van der Waals surface area contributed by atoms with E-state index in [-0.39, 0.29) is 23.0 Å². The Morgan fingerprint density at radius 1 is 0.900 bits per heavy atom. The molecule has 0 spiro atoms. The minimum absolute atomic E-state index is 0.0813. The Bertz CT molecular complexity index is 1120. The van der Waals surface area contributed by atoms with E-state index >= 15 is 0 Å². The van der Waals surface area contributed by atoms with Gasteiger partial charge in [0.1, 0.15) is 0 Å². The molecule has 2 N–H and O–H groups in total. The number of nitrogens with zero attached hydrogens (tertiary/aromatic N) is 1. The van der Waals surface area contributed by atoms with Gasteiger partial charge >= 0.3 is 0 Å². The Kier molecular flexibility index (Phi) is 5.22. The molecule has 1 heterocycles. The van der Waals surface area contributed by atoms with E-state index in [1.165, 1.54) is 11.3 Å². The van der Waals surface area contributed by atoms with Crippen molar-refractivity contribution in [2.75, 3.05) is 10.6 Å². The zero-order chi connectivity index (χ0) is 21.3. The van der Waals surface area contributed by atoms with Crippen LogP contribution in [-0.4, -0.2) is 22.6 Å². The van der Waals surface area contributed by atoms with E-state index in [9.17, 15) is 14.4 Å². The number of hydrogen-bond acceptors (Lipinski definition) is 5. The van der Waals surface area contributed by atoms with Crippen molar-refractivity contribution in [1.82, 2.24) is 4.98 Å². The second-order valence-corrected chi connectivity index (χ2v) is 9.09. The van der Waals surface area contributed by atoms with Crippen molar-refractivity contribution in [3.05, 3.63) is 76.3 Å². The molecule has 0 saturated carbocycles. The molecule has 0 radical (unpaired) electrons. The summed E-state index contributed by atoms with van der Waals surface area (Å²) < 4.78 is 0. The number of hydrogen-bond donors (Lipinski definition) is 2. The minimum atomic E-state index is -0.311. The van der Waals surface area contributed by atoms with Crippen molar-refractivity contribution in [1.29, 1.82) is 0 Å². The van der Waals surface area contributed by atoms with Gasteiger partial charge in [-0.25, -0.2) is 4.98 Å². The molecule has 3 aromatic rings. The monoisotopic (exact) mass is 419 g/mol. The maximum Gasteiger partial charge on any atom is 0.257 e. The fourth-order valence-corrected chi connectivity index (χ4v) is 4.36. The number of anilines is 2. The maximum absolute atomic E-state index is 12.6. The highest BCUT2D eigenvalue weighted by atomic mass is 32.1. The van der Waals surface area contributed by atoms with Gasteiger partial charge in [0.05, 0.1) is 10.6 Å². The Morgan fingerprint density at radius 2 is 1.53 bits per heavy atom. The second kappa shape index (κ2) is 7.84. The van der Waals surface area contributed by atoms with E-state index in [1.54, 1.807) is 48.5 Å². The normalized spacial score (nSPS) is 14.7. The molecule has 1 aliphatic rings. The zero-order valence-electron chi connectivity index (χ0n) is 16.7. The number of rotatable bonds is 4. The van der Waals surface area contributed by atoms with Crippen LogP contribution in [0, 0.1) is 5.41 Å². The van der Waals surface area contributed by atoms with Crippen LogP contribution in [0.3, 0.4) is 0 Å². The lowest BCUT2D eigenvalue weighted by atomic mass is 9.78. The number of carbonyl (C=O) groups is 3. The van der Waals surface area contributed by atoms with Gasteiger partial charge in [-0.1, -0.05) is 43.4 Å². The smallest absolute Gasteiger partial charge is 0.257 e. The van der Waals surface area contributed by atoms with Gasteiger partial charge < -0.3 is 5.32 Å². The van der Waals surface area contributed by atoms with Crippen LogP contribution in [0.5, 0.6) is 0 Å². The van der Waals surface area contributed by atoms with E-state index in [1.807, 2.05) is 19.9 Å². The van der Waals surface area contributed by atoms with Crippen LogP contribution >= 0.6 is 11.3 Å². The van der Waals surface area contributed by atoms with E-state index in [2.05, 4.69) is 15.6 Å². The van der Waals surface area contributed by atoms with Crippen molar-refractivity contribution >= 4 is 39.8 Å².